The molecule has 0 spiro atoms. The molecular formula is C18H24N2O. The van der Waals surface area contributed by atoms with Gasteiger partial charge in [-0.3, -0.25) is 4.79 Å². The highest BCUT2D eigenvalue weighted by Crippen LogP contribution is 2.25. The lowest BCUT2D eigenvalue weighted by Crippen LogP contribution is -2.34. The van der Waals surface area contributed by atoms with E-state index in [-0.39, 0.29) is 11.0 Å². The zero-order valence-corrected chi connectivity index (χ0v) is 13.1. The average Bonchev–Trinajstić information content (AvgIpc) is 2.47. The van der Waals surface area contributed by atoms with Gasteiger partial charge in [0, 0.05) is 17.6 Å². The largest absolute Gasteiger partial charge is 0.317 e. The summed E-state index contributed by atoms with van der Waals surface area (Å²) < 4.78 is 1.93. The van der Waals surface area contributed by atoms with Gasteiger partial charge in [-0.25, -0.2) is 0 Å². The average molecular weight is 284 g/mol. The summed E-state index contributed by atoms with van der Waals surface area (Å²) in [6.45, 7) is 8.59. The third kappa shape index (κ3) is 2.75. The second kappa shape index (κ2) is 5.30. The molecule has 1 saturated heterocycles. The number of rotatable bonds is 1. The van der Waals surface area contributed by atoms with Crippen molar-refractivity contribution in [3.05, 3.63) is 46.4 Å². The van der Waals surface area contributed by atoms with Gasteiger partial charge in [0.15, 0.2) is 0 Å². The highest BCUT2D eigenvalue weighted by molar-refractivity contribution is 5.82. The summed E-state index contributed by atoms with van der Waals surface area (Å²) >= 11 is 0. The first-order chi connectivity index (χ1) is 9.97. The molecule has 2 aromatic rings. The van der Waals surface area contributed by atoms with Gasteiger partial charge in [-0.1, -0.05) is 32.9 Å². The number of aromatic nitrogens is 1. The normalized spacial score (nSPS) is 17.3. The fourth-order valence-electron chi connectivity index (χ4n) is 3.10. The second-order valence-corrected chi connectivity index (χ2v) is 7.06. The van der Waals surface area contributed by atoms with Crippen LogP contribution in [0.2, 0.25) is 0 Å². The Hall–Kier alpha value is -1.61. The smallest absolute Gasteiger partial charge is 0.258 e. The van der Waals surface area contributed by atoms with Crippen LogP contribution in [0.15, 0.2) is 35.3 Å². The predicted molar refractivity (Wildman–Crippen MR) is 88.0 cm³/mol. The van der Waals surface area contributed by atoms with Gasteiger partial charge in [-0.05, 0) is 54.4 Å². The first kappa shape index (κ1) is 14.3. The van der Waals surface area contributed by atoms with Gasteiger partial charge in [-0.15, -0.1) is 0 Å². The number of hydrogen-bond acceptors (Lipinski definition) is 2. The predicted octanol–water partition coefficient (Wildman–Crippen LogP) is 3.22. The van der Waals surface area contributed by atoms with Crippen LogP contribution in [0.25, 0.3) is 10.8 Å². The molecule has 0 aliphatic carbocycles. The summed E-state index contributed by atoms with van der Waals surface area (Å²) in [5.74, 6) is 0. The number of nitrogens with zero attached hydrogens (tertiary/aromatic N) is 1. The zero-order valence-electron chi connectivity index (χ0n) is 13.1. The topological polar surface area (TPSA) is 34.0 Å². The monoisotopic (exact) mass is 284 g/mol. The minimum atomic E-state index is 0.109. The van der Waals surface area contributed by atoms with E-state index >= 15 is 0 Å². The number of hydrogen-bond donors (Lipinski definition) is 1. The highest BCUT2D eigenvalue weighted by atomic mass is 16.1. The Morgan fingerprint density at radius 3 is 2.52 bits per heavy atom. The summed E-state index contributed by atoms with van der Waals surface area (Å²) in [5.41, 5.74) is 1.53. The summed E-state index contributed by atoms with van der Waals surface area (Å²) in [6, 6.07) is 8.68. The molecule has 1 aliphatic rings. The van der Waals surface area contributed by atoms with E-state index in [4.69, 9.17) is 0 Å². The number of benzene rings is 1. The molecule has 1 fully saturated rings. The van der Waals surface area contributed by atoms with Crippen LogP contribution in [0.4, 0.5) is 0 Å². The van der Waals surface area contributed by atoms with Crippen LogP contribution in [0, 0.1) is 0 Å². The number of pyridine rings is 1. The molecule has 0 unspecified atom stereocenters. The quantitative estimate of drug-likeness (QED) is 0.872. The first-order valence-electron chi connectivity index (χ1n) is 7.83. The van der Waals surface area contributed by atoms with Gasteiger partial charge in [-0.2, -0.15) is 0 Å². The van der Waals surface area contributed by atoms with Crippen molar-refractivity contribution < 1.29 is 0 Å². The Bertz CT molecular complexity index is 703. The van der Waals surface area contributed by atoms with Crippen LogP contribution in [-0.4, -0.2) is 17.7 Å². The third-order valence-corrected chi connectivity index (χ3v) is 4.50. The molecule has 0 radical (unpaired) electrons. The Kier molecular flexibility index (Phi) is 3.62. The Morgan fingerprint density at radius 1 is 1.14 bits per heavy atom. The SMILES string of the molecule is CC(C)(C)c1ccc2c(=O)n(C3CCNCC3)ccc2c1. The Morgan fingerprint density at radius 2 is 1.86 bits per heavy atom. The van der Waals surface area contributed by atoms with Gasteiger partial charge in [0.1, 0.15) is 0 Å². The van der Waals surface area contributed by atoms with Gasteiger partial charge in [0.05, 0.1) is 0 Å². The highest BCUT2D eigenvalue weighted by Gasteiger charge is 2.18. The minimum Gasteiger partial charge on any atom is -0.317 e. The van der Waals surface area contributed by atoms with Crippen LogP contribution in [0.5, 0.6) is 0 Å². The summed E-state index contributed by atoms with van der Waals surface area (Å²) in [4.78, 5) is 12.7. The van der Waals surface area contributed by atoms with Crippen LogP contribution in [0.1, 0.15) is 45.2 Å². The molecule has 3 rings (SSSR count). The zero-order chi connectivity index (χ0) is 15.0. The maximum Gasteiger partial charge on any atom is 0.258 e. The number of fused-ring (bicyclic) bond motifs is 1. The third-order valence-electron chi connectivity index (χ3n) is 4.50. The Balaban J connectivity index is 2.07. The van der Waals surface area contributed by atoms with Gasteiger partial charge in [0.2, 0.25) is 0 Å². The number of piperidine rings is 1. The van der Waals surface area contributed by atoms with E-state index in [1.54, 1.807) is 0 Å². The summed E-state index contributed by atoms with van der Waals surface area (Å²) in [7, 11) is 0. The fourth-order valence-corrected chi connectivity index (χ4v) is 3.10. The maximum absolute atomic E-state index is 12.7. The lowest BCUT2D eigenvalue weighted by molar-refractivity contribution is 0.362. The van der Waals surface area contributed by atoms with Crippen molar-refractivity contribution in [3.63, 3.8) is 0 Å². The summed E-state index contributed by atoms with van der Waals surface area (Å²) in [5, 5.41) is 5.24. The molecular weight excluding hydrogens is 260 g/mol. The molecule has 1 aromatic heterocycles. The first-order valence-corrected chi connectivity index (χ1v) is 7.83. The molecule has 0 amide bonds. The van der Waals surface area contributed by atoms with Crippen molar-refractivity contribution in [1.29, 1.82) is 0 Å². The van der Waals surface area contributed by atoms with Crippen molar-refractivity contribution in [2.75, 3.05) is 13.1 Å². The van der Waals surface area contributed by atoms with Crippen molar-refractivity contribution in [3.8, 4) is 0 Å². The van der Waals surface area contributed by atoms with Crippen LogP contribution < -0.4 is 10.9 Å². The van der Waals surface area contributed by atoms with Crippen LogP contribution >= 0.6 is 0 Å². The molecule has 0 bridgehead atoms. The standard InChI is InChI=1S/C18H24N2O/c1-18(2,3)14-4-5-16-13(12-14)8-11-20(17(16)21)15-6-9-19-10-7-15/h4-5,8,11-12,15,19H,6-7,9-10H2,1-3H3. The van der Waals surface area contributed by atoms with Crippen LogP contribution in [0.3, 0.4) is 0 Å². The molecule has 1 N–H and O–H groups in total. The molecule has 1 aliphatic heterocycles. The molecule has 21 heavy (non-hydrogen) atoms. The van der Waals surface area contributed by atoms with Gasteiger partial charge >= 0.3 is 0 Å². The van der Waals surface area contributed by atoms with Gasteiger partial charge < -0.3 is 9.88 Å². The van der Waals surface area contributed by atoms with E-state index in [0.29, 0.717) is 6.04 Å². The van der Waals surface area contributed by atoms with E-state index in [0.717, 1.165) is 36.7 Å². The minimum absolute atomic E-state index is 0.109. The van der Waals surface area contributed by atoms with Gasteiger partial charge in [0.25, 0.3) is 5.56 Å². The van der Waals surface area contributed by atoms with E-state index in [9.17, 15) is 4.79 Å². The molecule has 112 valence electrons. The Labute approximate surface area is 126 Å². The molecule has 3 nitrogen and oxygen atoms in total. The van der Waals surface area contributed by atoms with Crippen molar-refractivity contribution >= 4 is 10.8 Å². The molecule has 1 aromatic carbocycles. The van der Waals surface area contributed by atoms with E-state index < -0.39 is 0 Å². The molecule has 2 heterocycles. The molecule has 3 heteroatoms. The van der Waals surface area contributed by atoms with E-state index in [2.05, 4.69) is 44.3 Å². The lowest BCUT2D eigenvalue weighted by Gasteiger charge is -2.25. The fraction of sp³-hybridized carbons (Fsp3) is 0.500. The molecule has 0 saturated carbocycles. The van der Waals surface area contributed by atoms with Crippen LogP contribution in [-0.2, 0) is 5.41 Å². The van der Waals surface area contributed by atoms with Crippen molar-refractivity contribution in [2.45, 2.75) is 45.1 Å². The molecule has 0 atom stereocenters. The van der Waals surface area contributed by atoms with Crippen molar-refractivity contribution in [2.24, 2.45) is 0 Å². The maximum atomic E-state index is 12.7. The summed E-state index contributed by atoms with van der Waals surface area (Å²) in [6.07, 6.45) is 4.05. The van der Waals surface area contributed by atoms with E-state index in [1.165, 1.54) is 5.56 Å². The second-order valence-electron chi connectivity index (χ2n) is 7.06. The van der Waals surface area contributed by atoms with E-state index in [1.807, 2.05) is 16.8 Å². The lowest BCUT2D eigenvalue weighted by atomic mass is 9.86. The van der Waals surface area contributed by atoms with Crippen molar-refractivity contribution in [1.82, 2.24) is 9.88 Å². The number of nitrogens with one attached hydrogen (secondary N) is 1.